The second-order valence-electron chi connectivity index (χ2n) is 6.50. The summed E-state index contributed by atoms with van der Waals surface area (Å²) >= 11 is 0. The SMILES string of the molecule is C#CCNC(=O)[C@@H](C)N1CCN(C(=O)COc2cccc(C)c2C)CC1. The van der Waals surface area contributed by atoms with Gasteiger partial charge in [0.05, 0.1) is 12.6 Å². The first-order valence-corrected chi connectivity index (χ1v) is 8.86. The summed E-state index contributed by atoms with van der Waals surface area (Å²) in [6.45, 7) is 8.60. The minimum atomic E-state index is -0.258. The normalized spacial score (nSPS) is 15.8. The third kappa shape index (κ3) is 4.99. The lowest BCUT2D eigenvalue weighted by atomic mass is 10.1. The molecule has 0 saturated carbocycles. The first-order valence-electron chi connectivity index (χ1n) is 8.86. The molecular formula is C20H27N3O3. The van der Waals surface area contributed by atoms with E-state index < -0.39 is 0 Å². The molecule has 140 valence electrons. The molecule has 1 aliphatic heterocycles. The van der Waals surface area contributed by atoms with Gasteiger partial charge in [-0.25, -0.2) is 0 Å². The van der Waals surface area contributed by atoms with Gasteiger partial charge in [0.15, 0.2) is 6.61 Å². The number of hydrogen-bond donors (Lipinski definition) is 1. The van der Waals surface area contributed by atoms with Crippen molar-refractivity contribution in [1.82, 2.24) is 15.1 Å². The Morgan fingerprint density at radius 1 is 1.27 bits per heavy atom. The van der Waals surface area contributed by atoms with Gasteiger partial charge in [-0.05, 0) is 38.0 Å². The molecule has 6 heteroatoms. The van der Waals surface area contributed by atoms with E-state index in [-0.39, 0.29) is 31.0 Å². The van der Waals surface area contributed by atoms with Crippen LogP contribution in [0.3, 0.4) is 0 Å². The molecule has 1 fully saturated rings. The van der Waals surface area contributed by atoms with Crippen LogP contribution in [-0.4, -0.2) is 67.0 Å². The van der Waals surface area contributed by atoms with E-state index in [0.29, 0.717) is 26.2 Å². The quantitative estimate of drug-likeness (QED) is 0.771. The zero-order chi connectivity index (χ0) is 19.1. The molecule has 0 spiro atoms. The third-order valence-electron chi connectivity index (χ3n) is 4.86. The lowest BCUT2D eigenvalue weighted by Gasteiger charge is -2.37. The van der Waals surface area contributed by atoms with Gasteiger partial charge in [0, 0.05) is 26.2 Å². The predicted octanol–water partition coefficient (Wildman–Crippen LogP) is 0.964. The van der Waals surface area contributed by atoms with Crippen LogP contribution in [0.4, 0.5) is 0 Å². The molecule has 1 aliphatic rings. The molecule has 0 radical (unpaired) electrons. The number of piperazine rings is 1. The number of nitrogens with zero attached hydrogens (tertiary/aromatic N) is 2. The summed E-state index contributed by atoms with van der Waals surface area (Å²) < 4.78 is 5.70. The average molecular weight is 357 g/mol. The van der Waals surface area contributed by atoms with E-state index >= 15 is 0 Å². The van der Waals surface area contributed by atoms with Gasteiger partial charge in [-0.15, -0.1) is 6.42 Å². The topological polar surface area (TPSA) is 61.9 Å². The average Bonchev–Trinajstić information content (AvgIpc) is 2.66. The van der Waals surface area contributed by atoms with Gasteiger partial charge in [-0.2, -0.15) is 0 Å². The Hall–Kier alpha value is -2.52. The Labute approximate surface area is 155 Å². The highest BCUT2D eigenvalue weighted by molar-refractivity contribution is 5.81. The van der Waals surface area contributed by atoms with Crippen LogP contribution in [0.15, 0.2) is 18.2 Å². The molecular weight excluding hydrogens is 330 g/mol. The number of carbonyl (C=O) groups is 2. The molecule has 1 aromatic carbocycles. The van der Waals surface area contributed by atoms with Crippen molar-refractivity contribution in [2.75, 3.05) is 39.3 Å². The fourth-order valence-corrected chi connectivity index (χ4v) is 2.92. The van der Waals surface area contributed by atoms with Gasteiger partial charge in [-0.3, -0.25) is 14.5 Å². The number of nitrogens with one attached hydrogen (secondary N) is 1. The Balaban J connectivity index is 1.80. The van der Waals surface area contributed by atoms with Crippen LogP contribution in [-0.2, 0) is 9.59 Å². The van der Waals surface area contributed by atoms with Crippen LogP contribution < -0.4 is 10.1 Å². The number of rotatable bonds is 6. The minimum absolute atomic E-state index is 0.0303. The Bertz CT molecular complexity index is 688. The molecule has 1 atom stereocenters. The second kappa shape index (κ2) is 9.25. The highest BCUT2D eigenvalue weighted by atomic mass is 16.5. The van der Waals surface area contributed by atoms with E-state index in [1.807, 2.05) is 39.0 Å². The summed E-state index contributed by atoms with van der Waals surface area (Å²) in [5, 5.41) is 2.69. The summed E-state index contributed by atoms with van der Waals surface area (Å²) in [4.78, 5) is 28.2. The van der Waals surface area contributed by atoms with Crippen molar-refractivity contribution >= 4 is 11.8 Å². The first-order chi connectivity index (χ1) is 12.4. The van der Waals surface area contributed by atoms with E-state index in [2.05, 4.69) is 16.1 Å². The second-order valence-corrected chi connectivity index (χ2v) is 6.50. The van der Waals surface area contributed by atoms with Crippen molar-refractivity contribution in [3.63, 3.8) is 0 Å². The van der Waals surface area contributed by atoms with Crippen LogP contribution in [0.25, 0.3) is 0 Å². The molecule has 1 N–H and O–H groups in total. The summed E-state index contributed by atoms with van der Waals surface area (Å²) in [5.74, 6) is 3.03. The number of carbonyl (C=O) groups excluding carboxylic acids is 2. The predicted molar refractivity (Wildman–Crippen MR) is 101 cm³/mol. The van der Waals surface area contributed by atoms with Gasteiger partial charge in [-0.1, -0.05) is 18.1 Å². The molecule has 6 nitrogen and oxygen atoms in total. The molecule has 1 aromatic rings. The van der Waals surface area contributed by atoms with Crippen molar-refractivity contribution in [1.29, 1.82) is 0 Å². The molecule has 0 bridgehead atoms. The number of aryl methyl sites for hydroxylation is 1. The zero-order valence-electron chi connectivity index (χ0n) is 15.7. The van der Waals surface area contributed by atoms with E-state index in [9.17, 15) is 9.59 Å². The van der Waals surface area contributed by atoms with Crippen LogP contribution >= 0.6 is 0 Å². The first kappa shape index (κ1) is 19.8. The van der Waals surface area contributed by atoms with Crippen LogP contribution in [0.1, 0.15) is 18.1 Å². The van der Waals surface area contributed by atoms with Crippen LogP contribution in [0, 0.1) is 26.2 Å². The minimum Gasteiger partial charge on any atom is -0.483 e. The van der Waals surface area contributed by atoms with E-state index in [1.165, 1.54) is 0 Å². The fraction of sp³-hybridized carbons (Fsp3) is 0.500. The van der Waals surface area contributed by atoms with Crippen molar-refractivity contribution < 1.29 is 14.3 Å². The largest absolute Gasteiger partial charge is 0.483 e. The fourth-order valence-electron chi connectivity index (χ4n) is 2.92. The highest BCUT2D eigenvalue weighted by Crippen LogP contribution is 2.20. The maximum Gasteiger partial charge on any atom is 0.260 e. The van der Waals surface area contributed by atoms with E-state index in [0.717, 1.165) is 16.9 Å². The monoisotopic (exact) mass is 357 g/mol. The summed E-state index contributed by atoms with van der Waals surface area (Å²) in [6.07, 6.45) is 5.16. The standard InChI is InChI=1S/C20H27N3O3/c1-5-9-21-20(25)17(4)22-10-12-23(13-11-22)19(24)14-26-18-8-6-7-15(2)16(18)3/h1,6-8,17H,9-14H2,2-4H3,(H,21,25)/t17-/m1/s1. The maximum atomic E-state index is 12.4. The van der Waals surface area contributed by atoms with Crippen molar-refractivity contribution in [3.05, 3.63) is 29.3 Å². The lowest BCUT2D eigenvalue weighted by Crippen LogP contribution is -2.55. The Morgan fingerprint density at radius 2 is 1.96 bits per heavy atom. The number of amides is 2. The third-order valence-corrected chi connectivity index (χ3v) is 4.86. The molecule has 0 unspecified atom stereocenters. The number of terminal acetylenes is 1. The van der Waals surface area contributed by atoms with Crippen LogP contribution in [0.5, 0.6) is 5.75 Å². The summed E-state index contributed by atoms with van der Waals surface area (Å²) in [5.41, 5.74) is 2.19. The molecule has 2 rings (SSSR count). The molecule has 0 aromatic heterocycles. The highest BCUT2D eigenvalue weighted by Gasteiger charge is 2.27. The van der Waals surface area contributed by atoms with Gasteiger partial charge < -0.3 is 15.0 Å². The summed E-state index contributed by atoms with van der Waals surface area (Å²) in [6, 6.07) is 5.56. The molecule has 26 heavy (non-hydrogen) atoms. The Kier molecular flexibility index (Phi) is 7.05. The van der Waals surface area contributed by atoms with Crippen molar-refractivity contribution in [2.45, 2.75) is 26.8 Å². The molecule has 2 amide bonds. The van der Waals surface area contributed by atoms with Gasteiger partial charge in [0.25, 0.3) is 5.91 Å². The van der Waals surface area contributed by atoms with Gasteiger partial charge >= 0.3 is 0 Å². The van der Waals surface area contributed by atoms with E-state index in [1.54, 1.807) is 4.90 Å². The number of hydrogen-bond acceptors (Lipinski definition) is 4. The number of ether oxygens (including phenoxy) is 1. The molecule has 1 heterocycles. The Morgan fingerprint density at radius 3 is 2.62 bits per heavy atom. The van der Waals surface area contributed by atoms with E-state index in [4.69, 9.17) is 11.2 Å². The molecule has 0 aliphatic carbocycles. The van der Waals surface area contributed by atoms with Gasteiger partial charge in [0.1, 0.15) is 5.75 Å². The van der Waals surface area contributed by atoms with Crippen LogP contribution in [0.2, 0.25) is 0 Å². The summed E-state index contributed by atoms with van der Waals surface area (Å²) in [7, 11) is 0. The van der Waals surface area contributed by atoms with Gasteiger partial charge in [0.2, 0.25) is 5.91 Å². The van der Waals surface area contributed by atoms with Crippen molar-refractivity contribution in [3.8, 4) is 18.1 Å². The zero-order valence-corrected chi connectivity index (χ0v) is 15.7. The van der Waals surface area contributed by atoms with Crippen molar-refractivity contribution in [2.24, 2.45) is 0 Å². The lowest BCUT2D eigenvalue weighted by molar-refractivity contribution is -0.136. The molecule has 1 saturated heterocycles. The number of benzene rings is 1. The smallest absolute Gasteiger partial charge is 0.260 e. The maximum absolute atomic E-state index is 12.4.